The molecule has 102 valence electrons. The Bertz CT molecular complexity index is 664. The molecule has 0 aliphatic rings. The quantitative estimate of drug-likeness (QED) is 0.864. The van der Waals surface area contributed by atoms with E-state index in [1.807, 2.05) is 13.8 Å². The fourth-order valence-corrected chi connectivity index (χ4v) is 2.06. The minimum absolute atomic E-state index is 0.573. The molecule has 4 heteroatoms. The lowest BCUT2D eigenvalue weighted by molar-refractivity contribution is 0.409. The van der Waals surface area contributed by atoms with E-state index in [1.165, 1.54) is 0 Å². The summed E-state index contributed by atoms with van der Waals surface area (Å²) in [6.45, 7) is 3.82. The molecule has 2 N–H and O–H groups in total. The number of hydrogen-bond donors (Lipinski definition) is 1. The lowest BCUT2D eigenvalue weighted by Crippen LogP contribution is -1.95. The van der Waals surface area contributed by atoms with E-state index in [4.69, 9.17) is 20.5 Å². The Morgan fingerprint density at radius 3 is 2.15 bits per heavy atom. The number of nitriles is 1. The van der Waals surface area contributed by atoms with Crippen molar-refractivity contribution in [1.82, 2.24) is 0 Å². The van der Waals surface area contributed by atoms with Gasteiger partial charge in [0.1, 0.15) is 17.2 Å². The number of nitrogens with zero attached hydrogens (tertiary/aromatic N) is 1. The molecule has 0 aromatic heterocycles. The van der Waals surface area contributed by atoms with Crippen LogP contribution < -0.4 is 15.2 Å². The predicted molar refractivity (Wildman–Crippen MR) is 78.1 cm³/mol. The second kappa shape index (κ2) is 5.54. The first-order valence-corrected chi connectivity index (χ1v) is 6.17. The van der Waals surface area contributed by atoms with E-state index in [2.05, 4.69) is 6.07 Å². The largest absolute Gasteiger partial charge is 0.497 e. The van der Waals surface area contributed by atoms with Crippen molar-refractivity contribution in [2.45, 2.75) is 13.8 Å². The van der Waals surface area contributed by atoms with Gasteiger partial charge < -0.3 is 15.2 Å². The molecule has 2 aromatic rings. The predicted octanol–water partition coefficient (Wildman–Crippen LogP) is 3.56. The smallest absolute Gasteiger partial charge is 0.133 e. The van der Waals surface area contributed by atoms with E-state index < -0.39 is 0 Å². The van der Waals surface area contributed by atoms with E-state index in [1.54, 1.807) is 37.4 Å². The Labute approximate surface area is 118 Å². The number of methoxy groups -OCH3 is 1. The van der Waals surface area contributed by atoms with Crippen molar-refractivity contribution < 1.29 is 9.47 Å². The van der Waals surface area contributed by atoms with Crippen LogP contribution in [0.5, 0.6) is 17.2 Å². The van der Waals surface area contributed by atoms with Gasteiger partial charge in [0.25, 0.3) is 0 Å². The molecule has 0 heterocycles. The highest BCUT2D eigenvalue weighted by atomic mass is 16.5. The monoisotopic (exact) mass is 268 g/mol. The minimum atomic E-state index is 0.573. The second-order valence-corrected chi connectivity index (χ2v) is 4.59. The normalized spacial score (nSPS) is 9.90. The lowest BCUT2D eigenvalue weighted by Gasteiger charge is -2.13. The minimum Gasteiger partial charge on any atom is -0.497 e. The Morgan fingerprint density at radius 2 is 1.60 bits per heavy atom. The van der Waals surface area contributed by atoms with Gasteiger partial charge >= 0.3 is 0 Å². The average Bonchev–Trinajstić information content (AvgIpc) is 2.41. The van der Waals surface area contributed by atoms with Crippen LogP contribution in [0.3, 0.4) is 0 Å². The molecule has 0 spiro atoms. The molecule has 20 heavy (non-hydrogen) atoms. The van der Waals surface area contributed by atoms with Crippen molar-refractivity contribution in [3.8, 4) is 23.3 Å². The van der Waals surface area contributed by atoms with Gasteiger partial charge in [0, 0.05) is 23.9 Å². The van der Waals surface area contributed by atoms with Crippen LogP contribution in [0.1, 0.15) is 16.7 Å². The van der Waals surface area contributed by atoms with E-state index in [0.717, 1.165) is 16.9 Å². The van der Waals surface area contributed by atoms with E-state index >= 15 is 0 Å². The SMILES string of the molecule is COc1cc(N)cc(Oc2c(C)cc(C#N)cc2C)c1. The standard InChI is InChI=1S/C16H16N2O2/c1-10-4-12(9-17)5-11(2)16(10)20-15-7-13(18)6-14(8-15)19-3/h4-8H,18H2,1-3H3. The molecule has 0 unspecified atom stereocenters. The van der Waals surface area contributed by atoms with Crippen LogP contribution in [-0.2, 0) is 0 Å². The van der Waals surface area contributed by atoms with Crippen LogP contribution in [0.2, 0.25) is 0 Å². The molecule has 0 saturated heterocycles. The number of hydrogen-bond acceptors (Lipinski definition) is 4. The maximum atomic E-state index is 8.95. The van der Waals surface area contributed by atoms with Crippen LogP contribution in [0.25, 0.3) is 0 Å². The van der Waals surface area contributed by atoms with Gasteiger partial charge in [-0.3, -0.25) is 0 Å². The maximum absolute atomic E-state index is 8.95. The molecule has 0 radical (unpaired) electrons. The molecule has 0 fully saturated rings. The summed E-state index contributed by atoms with van der Waals surface area (Å²) in [6.07, 6.45) is 0. The summed E-state index contributed by atoms with van der Waals surface area (Å²) in [5, 5.41) is 8.95. The fraction of sp³-hybridized carbons (Fsp3) is 0.188. The molecule has 2 rings (SSSR count). The van der Waals surface area contributed by atoms with Crippen molar-refractivity contribution in [1.29, 1.82) is 5.26 Å². The zero-order valence-electron chi connectivity index (χ0n) is 11.7. The molecule has 0 saturated carbocycles. The summed E-state index contributed by atoms with van der Waals surface area (Å²) in [4.78, 5) is 0. The third kappa shape index (κ3) is 2.83. The van der Waals surface area contributed by atoms with Gasteiger partial charge in [-0.25, -0.2) is 0 Å². The van der Waals surface area contributed by atoms with Gasteiger partial charge in [0.05, 0.1) is 18.7 Å². The summed E-state index contributed by atoms with van der Waals surface area (Å²) in [5.74, 6) is 1.98. The number of ether oxygens (including phenoxy) is 2. The average molecular weight is 268 g/mol. The number of nitrogen functional groups attached to an aromatic ring is 1. The molecular formula is C16H16N2O2. The highest BCUT2D eigenvalue weighted by molar-refractivity contribution is 5.54. The van der Waals surface area contributed by atoms with Crippen molar-refractivity contribution in [3.05, 3.63) is 47.0 Å². The molecule has 0 aliphatic heterocycles. The Hall–Kier alpha value is -2.67. The summed E-state index contributed by atoms with van der Waals surface area (Å²) >= 11 is 0. The third-order valence-electron chi connectivity index (χ3n) is 2.95. The first-order valence-electron chi connectivity index (χ1n) is 6.17. The molecule has 0 atom stereocenters. The summed E-state index contributed by atoms with van der Waals surface area (Å²) in [7, 11) is 1.58. The summed E-state index contributed by atoms with van der Waals surface area (Å²) in [5.41, 5.74) is 8.81. The van der Waals surface area contributed by atoms with Gasteiger partial charge in [-0.2, -0.15) is 5.26 Å². The van der Waals surface area contributed by atoms with Crippen LogP contribution in [-0.4, -0.2) is 7.11 Å². The van der Waals surface area contributed by atoms with Crippen LogP contribution in [0, 0.1) is 25.2 Å². The number of rotatable bonds is 3. The summed E-state index contributed by atoms with van der Waals surface area (Å²) in [6, 6.07) is 11.0. The number of nitrogens with two attached hydrogens (primary N) is 1. The van der Waals surface area contributed by atoms with Gasteiger partial charge in [-0.1, -0.05) is 0 Å². The first kappa shape index (κ1) is 13.8. The highest BCUT2D eigenvalue weighted by Gasteiger charge is 2.09. The first-order chi connectivity index (χ1) is 9.53. The molecular weight excluding hydrogens is 252 g/mol. The third-order valence-corrected chi connectivity index (χ3v) is 2.95. The van der Waals surface area contributed by atoms with Crippen LogP contribution in [0.4, 0.5) is 5.69 Å². The van der Waals surface area contributed by atoms with Crippen molar-refractivity contribution in [3.63, 3.8) is 0 Å². The van der Waals surface area contributed by atoms with Crippen molar-refractivity contribution >= 4 is 5.69 Å². The lowest BCUT2D eigenvalue weighted by atomic mass is 10.1. The fourth-order valence-electron chi connectivity index (χ4n) is 2.06. The Morgan fingerprint density at radius 1 is 1.00 bits per heavy atom. The maximum Gasteiger partial charge on any atom is 0.133 e. The summed E-state index contributed by atoms with van der Waals surface area (Å²) < 4.78 is 11.1. The van der Waals surface area contributed by atoms with Crippen LogP contribution >= 0.6 is 0 Å². The highest BCUT2D eigenvalue weighted by Crippen LogP contribution is 2.32. The zero-order valence-corrected chi connectivity index (χ0v) is 11.7. The second-order valence-electron chi connectivity index (χ2n) is 4.59. The van der Waals surface area contributed by atoms with Gasteiger partial charge in [0.15, 0.2) is 0 Å². The molecule has 0 amide bonds. The zero-order chi connectivity index (χ0) is 14.7. The molecule has 2 aromatic carbocycles. The van der Waals surface area contributed by atoms with Gasteiger partial charge in [0.2, 0.25) is 0 Å². The van der Waals surface area contributed by atoms with E-state index in [9.17, 15) is 0 Å². The van der Waals surface area contributed by atoms with Crippen LogP contribution in [0.15, 0.2) is 30.3 Å². The van der Waals surface area contributed by atoms with Crippen molar-refractivity contribution in [2.24, 2.45) is 0 Å². The van der Waals surface area contributed by atoms with E-state index in [0.29, 0.717) is 22.7 Å². The van der Waals surface area contributed by atoms with Crippen molar-refractivity contribution in [2.75, 3.05) is 12.8 Å². The molecule has 4 nitrogen and oxygen atoms in total. The number of benzene rings is 2. The Kier molecular flexibility index (Phi) is 3.81. The van der Waals surface area contributed by atoms with E-state index in [-0.39, 0.29) is 0 Å². The molecule has 0 bridgehead atoms. The Balaban J connectivity index is 2.40. The molecule has 0 aliphatic carbocycles. The number of anilines is 1. The topological polar surface area (TPSA) is 68.3 Å². The van der Waals surface area contributed by atoms with Gasteiger partial charge in [-0.15, -0.1) is 0 Å². The number of aryl methyl sites for hydroxylation is 2. The van der Waals surface area contributed by atoms with Gasteiger partial charge in [-0.05, 0) is 37.1 Å².